The fourth-order valence-electron chi connectivity index (χ4n) is 2.60. The number of ether oxygens (including phenoxy) is 1. The van der Waals surface area contributed by atoms with Crippen molar-refractivity contribution in [1.82, 2.24) is 5.43 Å². The van der Waals surface area contributed by atoms with Crippen molar-refractivity contribution in [2.24, 2.45) is 5.10 Å². The number of aryl methyl sites for hydroxylation is 1. The van der Waals surface area contributed by atoms with Crippen LogP contribution in [0.5, 0.6) is 5.75 Å². The van der Waals surface area contributed by atoms with E-state index in [1.165, 1.54) is 6.21 Å². The molecule has 0 saturated heterocycles. The Hall–Kier alpha value is -3.45. The third-order valence-electron chi connectivity index (χ3n) is 4.00. The number of hydrogen-bond donors (Lipinski definition) is 2. The molecule has 0 aliphatic heterocycles. The molecule has 3 rings (SSSR count). The smallest absolute Gasteiger partial charge is 0.343 e. The number of esters is 1. The molecule has 6 nitrogen and oxygen atoms in total. The number of amides is 1. The van der Waals surface area contributed by atoms with E-state index >= 15 is 0 Å². The second-order valence-electron chi connectivity index (χ2n) is 6.49. The number of hydrogen-bond acceptors (Lipinski definition) is 5. The highest BCUT2D eigenvalue weighted by atomic mass is 79.9. The lowest BCUT2D eigenvalue weighted by atomic mass is 10.2. The number of benzene rings is 3. The van der Waals surface area contributed by atoms with Crippen molar-refractivity contribution in [2.75, 3.05) is 11.9 Å². The van der Waals surface area contributed by atoms with Crippen LogP contribution in [0.3, 0.4) is 0 Å². The minimum atomic E-state index is -0.457. The molecule has 0 atom stereocenters. The van der Waals surface area contributed by atoms with Crippen molar-refractivity contribution < 1.29 is 14.3 Å². The third-order valence-corrected chi connectivity index (χ3v) is 4.50. The molecule has 0 bridgehead atoms. The van der Waals surface area contributed by atoms with Crippen LogP contribution in [0, 0.1) is 6.92 Å². The van der Waals surface area contributed by atoms with E-state index in [1.54, 1.807) is 42.5 Å². The number of nitrogens with zero attached hydrogens (tertiary/aromatic N) is 1. The Bertz CT molecular complexity index is 1080. The maximum Gasteiger partial charge on any atom is 0.343 e. The zero-order valence-electron chi connectivity index (χ0n) is 16.3. The first-order valence-corrected chi connectivity index (χ1v) is 9.99. The molecule has 0 unspecified atom stereocenters. The Morgan fingerprint density at radius 3 is 2.63 bits per heavy atom. The van der Waals surface area contributed by atoms with Crippen molar-refractivity contribution in [2.45, 2.75) is 6.92 Å². The van der Waals surface area contributed by atoms with Gasteiger partial charge in [-0.15, -0.1) is 0 Å². The second-order valence-corrected chi connectivity index (χ2v) is 7.40. The van der Waals surface area contributed by atoms with Crippen LogP contribution in [0.15, 0.2) is 82.4 Å². The van der Waals surface area contributed by atoms with Gasteiger partial charge in [0.2, 0.25) is 0 Å². The van der Waals surface area contributed by atoms with Crippen LogP contribution in [0.1, 0.15) is 21.5 Å². The molecule has 0 heterocycles. The number of rotatable bonds is 7. The van der Waals surface area contributed by atoms with Gasteiger partial charge in [-0.1, -0.05) is 46.3 Å². The Kier molecular flexibility index (Phi) is 7.34. The Morgan fingerprint density at radius 2 is 1.83 bits per heavy atom. The number of hydrazone groups is 1. The predicted octanol–water partition coefficient (Wildman–Crippen LogP) is 4.54. The summed E-state index contributed by atoms with van der Waals surface area (Å²) < 4.78 is 6.20. The number of halogens is 1. The summed E-state index contributed by atoms with van der Waals surface area (Å²) in [6, 6.07) is 21.6. The molecule has 0 saturated carbocycles. The highest BCUT2D eigenvalue weighted by Gasteiger charge is 2.09. The predicted molar refractivity (Wildman–Crippen MR) is 121 cm³/mol. The SMILES string of the molecule is Cc1cccc(NCC(=O)N/N=C\c2cccc(OC(=O)c3cccc(Br)c3)c2)c1. The summed E-state index contributed by atoms with van der Waals surface area (Å²) in [5.41, 5.74) is 5.57. The van der Waals surface area contributed by atoms with E-state index in [2.05, 4.69) is 31.8 Å². The summed E-state index contributed by atoms with van der Waals surface area (Å²) in [6.45, 7) is 2.09. The van der Waals surface area contributed by atoms with Crippen molar-refractivity contribution in [1.29, 1.82) is 0 Å². The van der Waals surface area contributed by atoms with Gasteiger partial charge in [0, 0.05) is 10.2 Å². The van der Waals surface area contributed by atoms with Gasteiger partial charge in [-0.2, -0.15) is 5.10 Å². The maximum absolute atomic E-state index is 12.3. The van der Waals surface area contributed by atoms with Crippen molar-refractivity contribution in [3.05, 3.63) is 94.0 Å². The van der Waals surface area contributed by atoms with Gasteiger partial charge in [-0.25, -0.2) is 10.2 Å². The minimum Gasteiger partial charge on any atom is -0.423 e. The number of nitrogens with one attached hydrogen (secondary N) is 2. The Labute approximate surface area is 183 Å². The second kappa shape index (κ2) is 10.4. The Balaban J connectivity index is 1.52. The van der Waals surface area contributed by atoms with E-state index in [-0.39, 0.29) is 12.5 Å². The summed E-state index contributed by atoms with van der Waals surface area (Å²) in [7, 11) is 0. The molecule has 0 radical (unpaired) electrons. The highest BCUT2D eigenvalue weighted by Crippen LogP contribution is 2.17. The average molecular weight is 466 g/mol. The molecule has 152 valence electrons. The highest BCUT2D eigenvalue weighted by molar-refractivity contribution is 9.10. The van der Waals surface area contributed by atoms with Crippen molar-refractivity contribution >= 4 is 39.7 Å². The lowest BCUT2D eigenvalue weighted by Gasteiger charge is -2.06. The van der Waals surface area contributed by atoms with Crippen LogP contribution >= 0.6 is 15.9 Å². The van der Waals surface area contributed by atoms with Crippen LogP contribution in [-0.2, 0) is 4.79 Å². The monoisotopic (exact) mass is 465 g/mol. The van der Waals surface area contributed by atoms with E-state index in [0.717, 1.165) is 15.7 Å². The quantitative estimate of drug-likeness (QED) is 0.232. The van der Waals surface area contributed by atoms with Gasteiger partial charge >= 0.3 is 5.97 Å². The summed E-state index contributed by atoms with van der Waals surface area (Å²) in [5.74, 6) is -0.345. The Morgan fingerprint density at radius 1 is 1.03 bits per heavy atom. The van der Waals surface area contributed by atoms with Crippen LogP contribution in [-0.4, -0.2) is 24.6 Å². The molecular weight excluding hydrogens is 446 g/mol. The fourth-order valence-corrected chi connectivity index (χ4v) is 2.99. The first-order valence-electron chi connectivity index (χ1n) is 9.20. The lowest BCUT2D eigenvalue weighted by molar-refractivity contribution is -0.119. The molecule has 3 aromatic rings. The molecule has 3 aromatic carbocycles. The van der Waals surface area contributed by atoms with Crippen molar-refractivity contribution in [3.63, 3.8) is 0 Å². The van der Waals surface area contributed by atoms with Gasteiger partial charge in [0.25, 0.3) is 5.91 Å². The molecular formula is C23H20BrN3O3. The molecule has 2 N–H and O–H groups in total. The van der Waals surface area contributed by atoms with Gasteiger partial charge in [0.15, 0.2) is 0 Å². The van der Waals surface area contributed by atoms with Gasteiger partial charge in [-0.05, 0) is 60.5 Å². The van der Waals surface area contributed by atoms with Gasteiger partial charge < -0.3 is 10.1 Å². The van der Waals surface area contributed by atoms with E-state index in [0.29, 0.717) is 16.9 Å². The number of carbonyl (C=O) groups is 2. The summed E-state index contributed by atoms with van der Waals surface area (Å²) in [6.07, 6.45) is 1.49. The zero-order valence-corrected chi connectivity index (χ0v) is 17.8. The third kappa shape index (κ3) is 6.56. The van der Waals surface area contributed by atoms with E-state index in [1.807, 2.05) is 37.3 Å². The molecule has 0 aromatic heterocycles. The molecule has 0 aliphatic carbocycles. The molecule has 30 heavy (non-hydrogen) atoms. The minimum absolute atomic E-state index is 0.102. The first kappa shape index (κ1) is 21.3. The zero-order chi connectivity index (χ0) is 21.3. The van der Waals surface area contributed by atoms with Crippen LogP contribution in [0.25, 0.3) is 0 Å². The molecule has 0 spiro atoms. The van der Waals surface area contributed by atoms with Crippen LogP contribution in [0.4, 0.5) is 5.69 Å². The number of carbonyl (C=O) groups excluding carboxylic acids is 2. The summed E-state index contributed by atoms with van der Waals surface area (Å²) in [4.78, 5) is 24.2. The lowest BCUT2D eigenvalue weighted by Crippen LogP contribution is -2.25. The normalized spacial score (nSPS) is 10.6. The fraction of sp³-hybridized carbons (Fsp3) is 0.0870. The standard InChI is InChI=1S/C23H20BrN3O3/c1-16-5-2-9-20(11-16)25-15-22(28)27-26-14-17-6-3-10-21(12-17)30-23(29)18-7-4-8-19(24)13-18/h2-14,25H,15H2,1H3,(H,27,28)/b26-14-. The van der Waals surface area contributed by atoms with Crippen LogP contribution < -0.4 is 15.5 Å². The molecule has 1 amide bonds. The van der Waals surface area contributed by atoms with E-state index < -0.39 is 5.97 Å². The number of anilines is 1. The van der Waals surface area contributed by atoms with Gasteiger partial charge in [0.05, 0.1) is 18.3 Å². The molecule has 0 aliphatic rings. The largest absolute Gasteiger partial charge is 0.423 e. The van der Waals surface area contributed by atoms with E-state index in [9.17, 15) is 9.59 Å². The topological polar surface area (TPSA) is 79.8 Å². The average Bonchev–Trinajstić information content (AvgIpc) is 2.73. The van der Waals surface area contributed by atoms with Crippen molar-refractivity contribution in [3.8, 4) is 5.75 Å². The summed E-state index contributed by atoms with van der Waals surface area (Å²) >= 11 is 3.33. The van der Waals surface area contributed by atoms with Gasteiger partial charge in [0.1, 0.15) is 5.75 Å². The first-order chi connectivity index (χ1) is 14.5. The summed E-state index contributed by atoms with van der Waals surface area (Å²) in [5, 5.41) is 6.99. The van der Waals surface area contributed by atoms with Gasteiger partial charge in [-0.3, -0.25) is 4.79 Å². The van der Waals surface area contributed by atoms with E-state index in [4.69, 9.17) is 4.74 Å². The van der Waals surface area contributed by atoms with Crippen LogP contribution in [0.2, 0.25) is 0 Å². The molecule has 0 fully saturated rings. The maximum atomic E-state index is 12.3. The molecule has 7 heteroatoms.